The minimum atomic E-state index is -0.150. The zero-order chi connectivity index (χ0) is 24.2. The van der Waals surface area contributed by atoms with Gasteiger partial charge in [0.2, 0.25) is 5.88 Å². The number of hydrogen-bond donors (Lipinski definition) is 0. The van der Waals surface area contributed by atoms with Crippen LogP contribution in [-0.4, -0.2) is 78.3 Å². The normalized spacial score (nSPS) is 15.7. The number of benzene rings is 1. The van der Waals surface area contributed by atoms with Crippen LogP contribution in [0, 0.1) is 0 Å². The number of nitrogens with zero attached hydrogens (tertiary/aromatic N) is 6. The molecule has 34 heavy (non-hydrogen) atoms. The number of piperidine rings is 1. The SMILES string of the molecule is COc1ccc(OC)c(-c2cc(C(=O)N3CCCC(Oc4ccc(N(C)C)nn4)C3)n(C)n2)c1. The van der Waals surface area contributed by atoms with Crippen LogP contribution < -0.4 is 19.1 Å². The second kappa shape index (κ2) is 9.98. The third-order valence-corrected chi connectivity index (χ3v) is 5.82. The van der Waals surface area contributed by atoms with Crippen molar-refractivity contribution < 1.29 is 19.0 Å². The van der Waals surface area contributed by atoms with Gasteiger partial charge in [0.15, 0.2) is 5.82 Å². The summed E-state index contributed by atoms with van der Waals surface area (Å²) in [6.45, 7) is 1.13. The van der Waals surface area contributed by atoms with Crippen molar-refractivity contribution in [2.75, 3.05) is 46.3 Å². The molecule has 180 valence electrons. The maximum atomic E-state index is 13.4. The molecule has 2 aromatic heterocycles. The number of carbonyl (C=O) groups is 1. The van der Waals surface area contributed by atoms with Gasteiger partial charge in [0.1, 0.15) is 23.3 Å². The van der Waals surface area contributed by atoms with Crippen molar-refractivity contribution in [2.45, 2.75) is 18.9 Å². The smallest absolute Gasteiger partial charge is 0.272 e. The fourth-order valence-corrected chi connectivity index (χ4v) is 3.98. The van der Waals surface area contributed by atoms with Gasteiger partial charge < -0.3 is 24.0 Å². The Morgan fingerprint density at radius 3 is 2.59 bits per heavy atom. The Labute approximate surface area is 199 Å². The summed E-state index contributed by atoms with van der Waals surface area (Å²) in [6.07, 6.45) is 1.54. The monoisotopic (exact) mass is 466 g/mol. The second-order valence-electron chi connectivity index (χ2n) is 8.36. The molecule has 1 aliphatic heterocycles. The largest absolute Gasteiger partial charge is 0.497 e. The first kappa shape index (κ1) is 23.3. The number of anilines is 1. The predicted octanol–water partition coefficient (Wildman–Crippen LogP) is 2.64. The zero-order valence-electron chi connectivity index (χ0n) is 20.2. The summed E-state index contributed by atoms with van der Waals surface area (Å²) in [4.78, 5) is 17.1. The lowest BCUT2D eigenvalue weighted by atomic mass is 10.1. The Bertz CT molecular complexity index is 1140. The summed E-state index contributed by atoms with van der Waals surface area (Å²) in [5, 5.41) is 12.9. The van der Waals surface area contributed by atoms with Gasteiger partial charge in [-0.2, -0.15) is 5.10 Å². The van der Waals surface area contributed by atoms with E-state index in [0.29, 0.717) is 41.9 Å². The average Bonchev–Trinajstić information content (AvgIpc) is 3.25. The van der Waals surface area contributed by atoms with Crippen molar-refractivity contribution in [1.29, 1.82) is 0 Å². The Morgan fingerprint density at radius 2 is 1.91 bits per heavy atom. The number of amides is 1. The van der Waals surface area contributed by atoms with Gasteiger partial charge in [-0.25, -0.2) is 0 Å². The van der Waals surface area contributed by atoms with E-state index < -0.39 is 0 Å². The average molecular weight is 467 g/mol. The summed E-state index contributed by atoms with van der Waals surface area (Å²) in [5.41, 5.74) is 1.90. The van der Waals surface area contributed by atoms with Crippen LogP contribution in [0.15, 0.2) is 36.4 Å². The summed E-state index contributed by atoms with van der Waals surface area (Å²) < 4.78 is 18.5. The Balaban J connectivity index is 1.49. The highest BCUT2D eigenvalue weighted by atomic mass is 16.5. The van der Waals surface area contributed by atoms with Crippen LogP contribution >= 0.6 is 0 Å². The molecule has 3 aromatic rings. The minimum Gasteiger partial charge on any atom is -0.497 e. The number of methoxy groups -OCH3 is 2. The molecule has 0 aliphatic carbocycles. The minimum absolute atomic E-state index is 0.0922. The van der Waals surface area contributed by atoms with Crippen molar-refractivity contribution >= 4 is 11.7 Å². The van der Waals surface area contributed by atoms with E-state index in [1.807, 2.05) is 43.3 Å². The molecule has 0 saturated carbocycles. The highest BCUT2D eigenvalue weighted by Gasteiger charge is 2.28. The third kappa shape index (κ3) is 4.90. The topological polar surface area (TPSA) is 94.8 Å². The molecule has 1 unspecified atom stereocenters. The molecule has 3 heterocycles. The van der Waals surface area contributed by atoms with Gasteiger partial charge in [-0.1, -0.05) is 0 Å². The van der Waals surface area contributed by atoms with E-state index in [1.54, 1.807) is 43.0 Å². The highest BCUT2D eigenvalue weighted by molar-refractivity contribution is 5.94. The first-order valence-corrected chi connectivity index (χ1v) is 11.1. The lowest BCUT2D eigenvalue weighted by Gasteiger charge is -2.32. The van der Waals surface area contributed by atoms with Crippen molar-refractivity contribution in [3.8, 4) is 28.6 Å². The fourth-order valence-electron chi connectivity index (χ4n) is 3.98. The molecule has 1 amide bonds. The van der Waals surface area contributed by atoms with Crippen molar-refractivity contribution in [3.05, 3.63) is 42.1 Å². The molecular weight excluding hydrogens is 436 g/mol. The van der Waals surface area contributed by atoms with Crippen LogP contribution in [0.5, 0.6) is 17.4 Å². The molecule has 10 heteroatoms. The van der Waals surface area contributed by atoms with Gasteiger partial charge in [-0.05, 0) is 43.2 Å². The van der Waals surface area contributed by atoms with Crippen molar-refractivity contribution in [1.82, 2.24) is 24.9 Å². The third-order valence-electron chi connectivity index (χ3n) is 5.82. The number of aromatic nitrogens is 4. The van der Waals surface area contributed by atoms with E-state index in [1.165, 1.54) is 0 Å². The zero-order valence-corrected chi connectivity index (χ0v) is 20.2. The Kier molecular flexibility index (Phi) is 6.85. The van der Waals surface area contributed by atoms with Gasteiger partial charge in [-0.3, -0.25) is 9.48 Å². The molecule has 1 aromatic carbocycles. The van der Waals surface area contributed by atoms with E-state index >= 15 is 0 Å². The van der Waals surface area contributed by atoms with Crippen LogP contribution in [0.2, 0.25) is 0 Å². The number of hydrogen-bond acceptors (Lipinski definition) is 8. The molecule has 1 aliphatic rings. The molecule has 0 radical (unpaired) electrons. The van der Waals surface area contributed by atoms with E-state index in [2.05, 4.69) is 15.3 Å². The molecule has 1 fully saturated rings. The van der Waals surface area contributed by atoms with Gasteiger partial charge in [-0.15, -0.1) is 10.2 Å². The fraction of sp³-hybridized carbons (Fsp3) is 0.417. The number of likely N-dealkylation sites (tertiary alicyclic amines) is 1. The summed E-state index contributed by atoms with van der Waals surface area (Å²) in [6, 6.07) is 10.9. The molecule has 1 saturated heterocycles. The van der Waals surface area contributed by atoms with Gasteiger partial charge in [0.05, 0.1) is 26.5 Å². The van der Waals surface area contributed by atoms with E-state index in [9.17, 15) is 4.79 Å². The Hall–Kier alpha value is -3.82. The van der Waals surface area contributed by atoms with Crippen LogP contribution in [0.25, 0.3) is 11.3 Å². The molecule has 1 atom stereocenters. The summed E-state index contributed by atoms with van der Waals surface area (Å²) >= 11 is 0. The lowest BCUT2D eigenvalue weighted by Crippen LogP contribution is -2.45. The van der Waals surface area contributed by atoms with Crippen molar-refractivity contribution in [3.63, 3.8) is 0 Å². The molecule has 4 rings (SSSR count). The lowest BCUT2D eigenvalue weighted by molar-refractivity contribution is 0.0516. The Morgan fingerprint density at radius 1 is 1.09 bits per heavy atom. The second-order valence-corrected chi connectivity index (χ2v) is 8.36. The van der Waals surface area contributed by atoms with Crippen LogP contribution in [0.3, 0.4) is 0 Å². The van der Waals surface area contributed by atoms with E-state index in [0.717, 1.165) is 24.2 Å². The number of aryl methyl sites for hydroxylation is 1. The van der Waals surface area contributed by atoms with Crippen LogP contribution in [-0.2, 0) is 7.05 Å². The summed E-state index contributed by atoms with van der Waals surface area (Å²) in [7, 11) is 8.79. The van der Waals surface area contributed by atoms with Crippen molar-refractivity contribution in [2.24, 2.45) is 7.05 Å². The first-order chi connectivity index (χ1) is 16.4. The number of carbonyl (C=O) groups excluding carboxylic acids is 1. The van der Waals surface area contributed by atoms with Gasteiger partial charge in [0.25, 0.3) is 5.91 Å². The summed E-state index contributed by atoms with van der Waals surface area (Å²) in [5.74, 6) is 2.47. The van der Waals surface area contributed by atoms with Crippen LogP contribution in [0.1, 0.15) is 23.3 Å². The molecule has 0 spiro atoms. The predicted molar refractivity (Wildman–Crippen MR) is 128 cm³/mol. The van der Waals surface area contributed by atoms with Gasteiger partial charge in [0, 0.05) is 39.3 Å². The highest BCUT2D eigenvalue weighted by Crippen LogP contribution is 2.33. The first-order valence-electron chi connectivity index (χ1n) is 11.1. The maximum Gasteiger partial charge on any atom is 0.272 e. The molecule has 0 bridgehead atoms. The number of ether oxygens (including phenoxy) is 3. The number of rotatable bonds is 7. The maximum absolute atomic E-state index is 13.4. The molecule has 0 N–H and O–H groups in total. The molecular formula is C24H30N6O4. The van der Waals surface area contributed by atoms with Gasteiger partial charge >= 0.3 is 0 Å². The van der Waals surface area contributed by atoms with E-state index in [4.69, 9.17) is 14.2 Å². The molecule has 10 nitrogen and oxygen atoms in total. The van der Waals surface area contributed by atoms with Crippen LogP contribution in [0.4, 0.5) is 5.82 Å². The quantitative estimate of drug-likeness (QED) is 0.525. The standard InChI is InChI=1S/C24H30N6O4/c1-28(2)22-10-11-23(26-25-22)34-17-7-6-12-30(15-17)24(31)20-14-19(27-29(20)3)18-13-16(32-4)8-9-21(18)33-5/h8-11,13-14,17H,6-7,12,15H2,1-5H3. The van der Waals surface area contributed by atoms with E-state index in [-0.39, 0.29) is 12.0 Å².